The van der Waals surface area contributed by atoms with Crippen LogP contribution in [0.15, 0.2) is 231 Å². The van der Waals surface area contributed by atoms with Crippen LogP contribution in [0.2, 0.25) is 0 Å². The van der Waals surface area contributed by atoms with Gasteiger partial charge in [0.25, 0.3) is 0 Å². The number of rotatable bonds is 7. The molecular weight excluding hydrogens is 757 g/mol. The highest BCUT2D eigenvalue weighted by molar-refractivity contribution is 7.26. The third-order valence-electron chi connectivity index (χ3n) is 12.2. The van der Waals surface area contributed by atoms with Crippen molar-refractivity contribution in [3.63, 3.8) is 0 Å². The van der Waals surface area contributed by atoms with Gasteiger partial charge in [0.05, 0.1) is 16.7 Å². The van der Waals surface area contributed by atoms with Gasteiger partial charge >= 0.3 is 0 Å². The lowest BCUT2D eigenvalue weighted by molar-refractivity contribution is 1.18. The first-order chi connectivity index (χ1) is 30.3. The van der Waals surface area contributed by atoms with Crippen LogP contribution in [0.5, 0.6) is 0 Å². The molecule has 0 fully saturated rings. The van der Waals surface area contributed by atoms with Gasteiger partial charge in [-0.15, -0.1) is 11.3 Å². The molecule has 0 amide bonds. The first kappa shape index (κ1) is 35.2. The minimum absolute atomic E-state index is 1.11. The first-order valence-corrected chi connectivity index (χ1v) is 21.7. The summed E-state index contributed by atoms with van der Waals surface area (Å²) in [5.41, 5.74) is 14.2. The van der Waals surface area contributed by atoms with Gasteiger partial charge in [-0.3, -0.25) is 0 Å². The zero-order valence-corrected chi connectivity index (χ0v) is 34.1. The lowest BCUT2D eigenvalue weighted by atomic mass is 9.91. The fourth-order valence-corrected chi connectivity index (χ4v) is 10.5. The maximum atomic E-state index is 2.43. The quantitative estimate of drug-likeness (QED) is 0.156. The Kier molecular flexibility index (Phi) is 8.39. The van der Waals surface area contributed by atoms with Crippen molar-refractivity contribution in [3.05, 3.63) is 231 Å². The summed E-state index contributed by atoms with van der Waals surface area (Å²) in [5.74, 6) is 0. The molecule has 0 saturated carbocycles. The van der Waals surface area contributed by atoms with E-state index in [0.29, 0.717) is 0 Å². The van der Waals surface area contributed by atoms with E-state index in [0.717, 1.165) is 17.1 Å². The molecule has 61 heavy (non-hydrogen) atoms. The third kappa shape index (κ3) is 5.93. The van der Waals surface area contributed by atoms with Crippen molar-refractivity contribution < 1.29 is 0 Å². The summed E-state index contributed by atoms with van der Waals surface area (Å²) in [7, 11) is 0. The topological polar surface area (TPSA) is 8.17 Å². The molecule has 2 nitrogen and oxygen atoms in total. The monoisotopic (exact) mass is 794 g/mol. The molecule has 0 spiro atoms. The van der Waals surface area contributed by atoms with Crippen molar-refractivity contribution in [2.75, 3.05) is 4.90 Å². The Morgan fingerprint density at radius 2 is 0.820 bits per heavy atom. The number of fused-ring (bicyclic) bond motifs is 7. The SMILES string of the molecule is c1ccc(-c2cccc3cccc(-c4ccc(N(c5ccc(-c6ccc(-n7c8ccccc8c8ccccc87)cc6)cc5)c5cccc6sc7ccccc7c56)cc4)c23)cc1. The van der Waals surface area contributed by atoms with Crippen LogP contribution in [-0.2, 0) is 0 Å². The summed E-state index contributed by atoms with van der Waals surface area (Å²) in [6, 6.07) is 84.1. The van der Waals surface area contributed by atoms with E-state index in [4.69, 9.17) is 0 Å². The van der Waals surface area contributed by atoms with E-state index in [2.05, 4.69) is 240 Å². The number of nitrogens with zero attached hydrogens (tertiary/aromatic N) is 2. The molecule has 0 bridgehead atoms. The fraction of sp³-hybridized carbons (Fsp3) is 0. The van der Waals surface area contributed by atoms with Gasteiger partial charge in [0.2, 0.25) is 0 Å². The van der Waals surface area contributed by atoms with E-state index in [9.17, 15) is 0 Å². The predicted octanol–water partition coefficient (Wildman–Crippen LogP) is 16.8. The van der Waals surface area contributed by atoms with E-state index < -0.39 is 0 Å². The average Bonchev–Trinajstić information content (AvgIpc) is 3.89. The molecule has 0 saturated heterocycles. The van der Waals surface area contributed by atoms with Crippen molar-refractivity contribution in [3.8, 4) is 39.1 Å². The second-order valence-corrected chi connectivity index (χ2v) is 16.8. The van der Waals surface area contributed by atoms with Crippen molar-refractivity contribution >= 4 is 81.1 Å². The number of para-hydroxylation sites is 2. The molecule has 0 aliphatic carbocycles. The fourth-order valence-electron chi connectivity index (χ4n) is 9.41. The van der Waals surface area contributed by atoms with Gasteiger partial charge in [-0.25, -0.2) is 0 Å². The highest BCUT2D eigenvalue weighted by Gasteiger charge is 2.20. The van der Waals surface area contributed by atoms with Crippen molar-refractivity contribution in [2.45, 2.75) is 0 Å². The lowest BCUT2D eigenvalue weighted by Crippen LogP contribution is -2.10. The van der Waals surface area contributed by atoms with Crippen LogP contribution in [0.4, 0.5) is 17.1 Å². The lowest BCUT2D eigenvalue weighted by Gasteiger charge is -2.27. The molecule has 0 atom stereocenters. The Balaban J connectivity index is 0.951. The predicted molar refractivity (Wildman–Crippen MR) is 262 cm³/mol. The van der Waals surface area contributed by atoms with Crippen LogP contribution >= 0.6 is 11.3 Å². The smallest absolute Gasteiger partial charge is 0.0554 e. The molecule has 0 radical (unpaired) electrons. The normalized spacial score (nSPS) is 11.6. The number of benzene rings is 10. The number of hydrogen-bond donors (Lipinski definition) is 0. The van der Waals surface area contributed by atoms with Crippen LogP contribution in [0.25, 0.3) is 91.8 Å². The standard InChI is InChI=1S/C58H38N2S/c1-2-13-41(14-3-1)47-20-10-15-43-16-11-21-48(57(43)47)42-31-37-45(38-32-42)59(54-24-12-26-56-58(54)51-19-6-9-25-55(51)61-56)44-33-27-39(28-34-44)40-29-35-46(36-30-40)60-52-22-7-4-17-49(52)50-18-5-8-23-53(50)60/h1-38H. The summed E-state index contributed by atoms with van der Waals surface area (Å²) in [6.07, 6.45) is 0. The molecule has 10 aromatic carbocycles. The zero-order valence-electron chi connectivity index (χ0n) is 33.2. The van der Waals surface area contributed by atoms with Crippen LogP contribution in [0.1, 0.15) is 0 Å². The van der Waals surface area contributed by atoms with Gasteiger partial charge in [-0.05, 0) is 111 Å². The molecule has 0 aliphatic heterocycles. The molecular formula is C58H38N2S. The Labute approximate surface area is 358 Å². The van der Waals surface area contributed by atoms with E-state index >= 15 is 0 Å². The maximum absolute atomic E-state index is 2.43. The van der Waals surface area contributed by atoms with E-state index in [1.807, 2.05) is 11.3 Å². The summed E-state index contributed by atoms with van der Waals surface area (Å²) in [4.78, 5) is 2.43. The molecule has 12 rings (SSSR count). The maximum Gasteiger partial charge on any atom is 0.0554 e. The summed E-state index contributed by atoms with van der Waals surface area (Å²) in [6.45, 7) is 0. The largest absolute Gasteiger partial charge is 0.310 e. The summed E-state index contributed by atoms with van der Waals surface area (Å²) < 4.78 is 4.95. The van der Waals surface area contributed by atoms with Gasteiger partial charge in [0.1, 0.15) is 0 Å². The second-order valence-electron chi connectivity index (χ2n) is 15.7. The van der Waals surface area contributed by atoms with Crippen LogP contribution in [-0.4, -0.2) is 4.57 Å². The molecule has 0 N–H and O–H groups in total. The number of aromatic nitrogens is 1. The summed E-state index contributed by atoms with van der Waals surface area (Å²) in [5, 5.41) is 7.61. The number of thiophene rings is 1. The molecule has 0 unspecified atom stereocenters. The van der Waals surface area contributed by atoms with Crippen molar-refractivity contribution in [1.82, 2.24) is 4.57 Å². The van der Waals surface area contributed by atoms with Crippen molar-refractivity contribution in [1.29, 1.82) is 0 Å². The van der Waals surface area contributed by atoms with Gasteiger partial charge in [-0.1, -0.05) is 164 Å². The minimum Gasteiger partial charge on any atom is -0.310 e. The molecule has 286 valence electrons. The second kappa shape index (κ2) is 14.5. The van der Waals surface area contributed by atoms with Crippen LogP contribution in [0, 0.1) is 0 Å². The molecule has 12 aromatic rings. The van der Waals surface area contributed by atoms with Crippen LogP contribution in [0.3, 0.4) is 0 Å². The molecule has 2 aromatic heterocycles. The highest BCUT2D eigenvalue weighted by atomic mass is 32.1. The van der Waals surface area contributed by atoms with Gasteiger partial charge in [0.15, 0.2) is 0 Å². The Hall–Kier alpha value is -7.72. The number of hydrogen-bond acceptors (Lipinski definition) is 2. The first-order valence-electron chi connectivity index (χ1n) is 20.8. The van der Waals surface area contributed by atoms with Gasteiger partial charge in [-0.2, -0.15) is 0 Å². The summed E-state index contributed by atoms with van der Waals surface area (Å²) >= 11 is 1.86. The van der Waals surface area contributed by atoms with Gasteiger partial charge in [0, 0.05) is 48.0 Å². The highest BCUT2D eigenvalue weighted by Crippen LogP contribution is 2.46. The van der Waals surface area contributed by atoms with Crippen LogP contribution < -0.4 is 4.90 Å². The molecule has 3 heteroatoms. The van der Waals surface area contributed by atoms with Crippen molar-refractivity contribution in [2.24, 2.45) is 0 Å². The average molecular weight is 795 g/mol. The third-order valence-corrected chi connectivity index (χ3v) is 13.3. The Bertz CT molecular complexity index is 3500. The Morgan fingerprint density at radius 3 is 1.46 bits per heavy atom. The minimum atomic E-state index is 1.11. The van der Waals surface area contributed by atoms with Gasteiger partial charge < -0.3 is 9.47 Å². The molecule has 0 aliphatic rings. The molecule has 2 heterocycles. The van der Waals surface area contributed by atoms with E-state index in [-0.39, 0.29) is 0 Å². The Morgan fingerprint density at radius 1 is 0.328 bits per heavy atom. The number of anilines is 3. The van der Waals surface area contributed by atoms with E-state index in [1.165, 1.54) is 91.8 Å². The van der Waals surface area contributed by atoms with E-state index in [1.54, 1.807) is 0 Å². The zero-order chi connectivity index (χ0) is 40.3.